The van der Waals surface area contributed by atoms with E-state index >= 15 is 0 Å². The van der Waals surface area contributed by atoms with Gasteiger partial charge in [0.2, 0.25) is 5.91 Å². The molecule has 0 aliphatic carbocycles. The van der Waals surface area contributed by atoms with E-state index in [1.165, 1.54) is 154 Å². The Balaban J connectivity index is 1.70. The standard InChI is InChI=1S/C75H131NO13/c1-3-5-7-9-11-13-15-17-19-21-23-25-27-29-30-31-32-33-35-36-38-40-42-44-46-48-50-52-54-56-58-64(79)63(62-86-74-72(85)70(83)73(66(61-78)88-74)89-75-71(84)69(82)68(81)65(60-77)87-75)76-67(80)59-57-55-53-51-49-47-45-43-41-39-37-34-28-26-24-22-20-18-16-14-12-10-8-6-4-2/h6,8,12,14,18,20,24,26,34,37,41,43,48,50,56,58,63-66,68-75,77-79,81-85H,3-5,7,9-11,13,15-17,19,21-23,25,27-33,35-36,38-40,42,44-47,49,51-55,57,59-62H2,1-2H3,(H,76,80)/b8-6-,14-12-,20-18-,26-24-,37-34-,43-41-,50-48+,58-56+. The van der Waals surface area contributed by atoms with Crippen molar-refractivity contribution in [3.8, 4) is 0 Å². The monoisotopic (exact) mass is 1250 g/mol. The van der Waals surface area contributed by atoms with Crippen molar-refractivity contribution in [3.05, 3.63) is 97.2 Å². The van der Waals surface area contributed by atoms with Gasteiger partial charge in [0, 0.05) is 6.42 Å². The van der Waals surface area contributed by atoms with E-state index in [0.29, 0.717) is 12.8 Å². The number of ether oxygens (including phenoxy) is 4. The van der Waals surface area contributed by atoms with Crippen LogP contribution in [0.1, 0.15) is 277 Å². The van der Waals surface area contributed by atoms with Gasteiger partial charge in [-0.15, -0.1) is 0 Å². The van der Waals surface area contributed by atoms with Crippen LogP contribution >= 0.6 is 0 Å². The quantitative estimate of drug-likeness (QED) is 0.0204. The Morgan fingerprint density at radius 2 is 0.787 bits per heavy atom. The van der Waals surface area contributed by atoms with E-state index in [1.807, 2.05) is 6.08 Å². The van der Waals surface area contributed by atoms with Crippen LogP contribution in [0.5, 0.6) is 0 Å². The summed E-state index contributed by atoms with van der Waals surface area (Å²) in [5, 5.41) is 87.4. The molecule has 14 heteroatoms. The van der Waals surface area contributed by atoms with E-state index in [4.69, 9.17) is 18.9 Å². The van der Waals surface area contributed by atoms with Crippen LogP contribution in [0, 0.1) is 0 Å². The van der Waals surface area contributed by atoms with Crippen LogP contribution in [-0.2, 0) is 23.7 Å². The first kappa shape index (κ1) is 82.0. The largest absolute Gasteiger partial charge is 0.394 e. The molecule has 2 heterocycles. The Morgan fingerprint density at radius 3 is 1.24 bits per heavy atom. The Morgan fingerprint density at radius 1 is 0.416 bits per heavy atom. The highest BCUT2D eigenvalue weighted by Gasteiger charge is 2.51. The smallest absolute Gasteiger partial charge is 0.220 e. The third-order valence-electron chi connectivity index (χ3n) is 17.0. The van der Waals surface area contributed by atoms with Gasteiger partial charge >= 0.3 is 0 Å². The summed E-state index contributed by atoms with van der Waals surface area (Å²) in [6.45, 7) is 2.68. The third-order valence-corrected chi connectivity index (χ3v) is 17.0. The number of nitrogens with one attached hydrogen (secondary N) is 1. The molecular formula is C75H131NO13. The Bertz CT molecular complexity index is 1860. The van der Waals surface area contributed by atoms with Gasteiger partial charge < -0.3 is 65.1 Å². The lowest BCUT2D eigenvalue weighted by Gasteiger charge is -2.46. The highest BCUT2D eigenvalue weighted by Crippen LogP contribution is 2.30. The third kappa shape index (κ3) is 42.7. The molecule has 2 aliphatic rings. The van der Waals surface area contributed by atoms with Crippen molar-refractivity contribution in [1.29, 1.82) is 0 Å². The number of hydrogen-bond donors (Lipinski definition) is 9. The number of hydrogen-bond acceptors (Lipinski definition) is 13. The molecule has 1 amide bonds. The number of aliphatic hydroxyl groups excluding tert-OH is 8. The molecule has 0 aromatic carbocycles. The first-order valence-electron chi connectivity index (χ1n) is 36.0. The minimum absolute atomic E-state index is 0.251. The van der Waals surface area contributed by atoms with Gasteiger partial charge in [0.1, 0.15) is 48.8 Å². The zero-order valence-corrected chi connectivity index (χ0v) is 55.9. The minimum atomic E-state index is -1.80. The second-order valence-corrected chi connectivity index (χ2v) is 25.0. The maximum absolute atomic E-state index is 13.3. The number of rotatable bonds is 58. The highest BCUT2D eigenvalue weighted by molar-refractivity contribution is 5.76. The molecular weight excluding hydrogens is 1120 g/mol. The number of carbonyl (C=O) groups is 1. The average molecular weight is 1250 g/mol. The number of allylic oxidation sites excluding steroid dienone is 15. The lowest BCUT2D eigenvalue weighted by molar-refractivity contribution is -0.359. The molecule has 2 aliphatic heterocycles. The molecule has 0 saturated carbocycles. The van der Waals surface area contributed by atoms with Crippen LogP contribution in [0.2, 0.25) is 0 Å². The maximum Gasteiger partial charge on any atom is 0.220 e. The second kappa shape index (κ2) is 58.7. The maximum atomic E-state index is 13.3. The van der Waals surface area contributed by atoms with Crippen molar-refractivity contribution in [2.24, 2.45) is 0 Å². The van der Waals surface area contributed by atoms with E-state index in [2.05, 4.69) is 104 Å². The van der Waals surface area contributed by atoms with E-state index in [0.717, 1.165) is 89.9 Å². The van der Waals surface area contributed by atoms with Gasteiger partial charge in [0.15, 0.2) is 12.6 Å². The fraction of sp³-hybridized carbons (Fsp3) is 0.773. The van der Waals surface area contributed by atoms with Gasteiger partial charge in [-0.1, -0.05) is 284 Å². The van der Waals surface area contributed by atoms with Crippen LogP contribution in [-0.4, -0.2) is 140 Å². The summed E-state index contributed by atoms with van der Waals surface area (Å²) in [4.78, 5) is 13.3. The molecule has 0 spiro atoms. The Kier molecular flexibility index (Phi) is 54.1. The van der Waals surface area contributed by atoms with E-state index in [1.54, 1.807) is 6.08 Å². The van der Waals surface area contributed by atoms with Crippen LogP contribution < -0.4 is 5.32 Å². The zero-order valence-electron chi connectivity index (χ0n) is 55.9. The number of aliphatic hydroxyl groups is 8. The molecule has 0 radical (unpaired) electrons. The SMILES string of the molecule is CC/C=C\C/C=C\C/C=C\C/C=C\C/C=C\C/C=C\CCCCCCCCC(=O)NC(COC1OC(CO)C(OC2OC(CO)C(O)C(O)C2O)C(O)C1O)C(O)/C=C/CC/C=C/CCCCCCCCCCCCCCCCCCCCCCCCCC. The van der Waals surface area contributed by atoms with Gasteiger partial charge in [-0.3, -0.25) is 4.79 Å². The molecule has 0 aromatic rings. The van der Waals surface area contributed by atoms with Crippen LogP contribution in [0.3, 0.4) is 0 Å². The van der Waals surface area contributed by atoms with Crippen LogP contribution in [0.15, 0.2) is 97.2 Å². The summed E-state index contributed by atoms with van der Waals surface area (Å²) in [5.74, 6) is -0.265. The molecule has 0 bridgehead atoms. The number of unbranched alkanes of at least 4 members (excludes halogenated alkanes) is 31. The van der Waals surface area contributed by atoms with Crippen molar-refractivity contribution in [2.45, 2.75) is 351 Å². The molecule has 2 rings (SSSR count). The average Bonchev–Trinajstić information content (AvgIpc) is 1.37. The lowest BCUT2D eigenvalue weighted by Crippen LogP contribution is -2.65. The Hall–Kier alpha value is -3.09. The van der Waals surface area contributed by atoms with E-state index in [-0.39, 0.29) is 18.9 Å². The van der Waals surface area contributed by atoms with Crippen molar-refractivity contribution in [2.75, 3.05) is 19.8 Å². The molecule has 0 aromatic heterocycles. The van der Waals surface area contributed by atoms with Crippen molar-refractivity contribution < 1.29 is 64.6 Å². The van der Waals surface area contributed by atoms with Crippen molar-refractivity contribution in [1.82, 2.24) is 5.32 Å². The first-order valence-corrected chi connectivity index (χ1v) is 36.0. The van der Waals surface area contributed by atoms with E-state index < -0.39 is 86.8 Å². The van der Waals surface area contributed by atoms with Gasteiger partial charge in [-0.2, -0.15) is 0 Å². The fourth-order valence-electron chi connectivity index (χ4n) is 11.3. The molecule has 14 nitrogen and oxygen atoms in total. The van der Waals surface area contributed by atoms with Crippen molar-refractivity contribution >= 4 is 5.91 Å². The predicted octanol–water partition coefficient (Wildman–Crippen LogP) is 15.0. The number of carbonyl (C=O) groups excluding carboxylic acids is 1. The summed E-state index contributed by atoms with van der Waals surface area (Å²) in [6.07, 6.45) is 66.1. The lowest BCUT2D eigenvalue weighted by atomic mass is 9.97. The second-order valence-electron chi connectivity index (χ2n) is 25.0. The van der Waals surface area contributed by atoms with Crippen LogP contribution in [0.25, 0.3) is 0 Å². The van der Waals surface area contributed by atoms with E-state index in [9.17, 15) is 45.6 Å². The first-order chi connectivity index (χ1) is 43.6. The van der Waals surface area contributed by atoms with Gasteiger partial charge in [0.25, 0.3) is 0 Å². The highest BCUT2D eigenvalue weighted by atomic mass is 16.7. The topological polar surface area (TPSA) is 228 Å². The molecule has 2 saturated heterocycles. The van der Waals surface area contributed by atoms with Gasteiger partial charge in [-0.25, -0.2) is 0 Å². The molecule has 9 N–H and O–H groups in total. The summed E-state index contributed by atoms with van der Waals surface area (Å²) < 4.78 is 22.8. The fourth-order valence-corrected chi connectivity index (χ4v) is 11.3. The Labute approximate surface area is 541 Å². The van der Waals surface area contributed by atoms with Gasteiger partial charge in [-0.05, 0) is 83.5 Å². The molecule has 89 heavy (non-hydrogen) atoms. The predicted molar refractivity (Wildman–Crippen MR) is 364 cm³/mol. The molecule has 12 atom stereocenters. The summed E-state index contributed by atoms with van der Waals surface area (Å²) >= 11 is 0. The van der Waals surface area contributed by atoms with Gasteiger partial charge in [0.05, 0.1) is 32.0 Å². The molecule has 2 fully saturated rings. The molecule has 514 valence electrons. The normalized spacial score (nSPS) is 23.6. The van der Waals surface area contributed by atoms with Crippen LogP contribution in [0.4, 0.5) is 0 Å². The number of amides is 1. The van der Waals surface area contributed by atoms with Crippen molar-refractivity contribution in [3.63, 3.8) is 0 Å². The zero-order chi connectivity index (χ0) is 64.5. The summed E-state index contributed by atoms with van der Waals surface area (Å²) in [7, 11) is 0. The minimum Gasteiger partial charge on any atom is -0.394 e. The molecule has 12 unspecified atom stereocenters. The summed E-state index contributed by atoms with van der Waals surface area (Å²) in [5.41, 5.74) is 0. The summed E-state index contributed by atoms with van der Waals surface area (Å²) in [6, 6.07) is -0.949.